The quantitative estimate of drug-likeness (QED) is 0.0416. The fourth-order valence-corrected chi connectivity index (χ4v) is 9.04. The lowest BCUT2D eigenvalue weighted by atomic mass is 10.1. The summed E-state index contributed by atoms with van der Waals surface area (Å²) >= 11 is 0. The summed E-state index contributed by atoms with van der Waals surface area (Å²) in [7, 11) is 0. The molecular weight excluding hydrogens is 841 g/mol. The molecule has 69 heavy (non-hydrogen) atoms. The largest absolute Gasteiger partial charge is 0.372 e. The van der Waals surface area contributed by atoms with Gasteiger partial charge in [0.15, 0.2) is 17.5 Å². The van der Waals surface area contributed by atoms with E-state index >= 15 is 0 Å². The maximum atomic E-state index is 4.96. The molecule has 0 radical (unpaired) electrons. The van der Waals surface area contributed by atoms with Crippen molar-refractivity contribution in [3.8, 4) is 0 Å². The van der Waals surface area contributed by atoms with Crippen molar-refractivity contribution in [1.29, 1.82) is 0 Å². The minimum absolute atomic E-state index is 0.649. The molecule has 4 aromatic rings. The van der Waals surface area contributed by atoms with Gasteiger partial charge in [-0.3, -0.25) is 0 Å². The molecule has 6 heteroatoms. The number of benzene rings is 3. The van der Waals surface area contributed by atoms with Crippen LogP contribution in [0.5, 0.6) is 0 Å². The van der Waals surface area contributed by atoms with E-state index in [0.29, 0.717) is 17.5 Å². The number of unbranched alkanes of at least 4 members (excludes halogenated alkanes) is 18. The molecule has 0 N–H and O–H groups in total. The predicted molar refractivity (Wildman–Crippen MR) is 307 cm³/mol. The predicted octanol–water partition coefficient (Wildman–Crippen LogP) is 18.3. The molecule has 378 valence electrons. The average Bonchev–Trinajstić information content (AvgIpc) is 3.38. The molecule has 0 aliphatic heterocycles. The van der Waals surface area contributed by atoms with Gasteiger partial charge in [0, 0.05) is 56.3 Å². The van der Waals surface area contributed by atoms with Crippen LogP contribution in [-0.4, -0.2) is 54.2 Å². The number of anilines is 3. The summed E-state index contributed by atoms with van der Waals surface area (Å²) in [4.78, 5) is 22.7. The molecule has 0 aliphatic carbocycles. The van der Waals surface area contributed by atoms with Crippen LogP contribution < -0.4 is 14.7 Å². The lowest BCUT2D eigenvalue weighted by molar-refractivity contribution is 0.609. The van der Waals surface area contributed by atoms with E-state index in [1.807, 2.05) is 18.2 Å². The van der Waals surface area contributed by atoms with Crippen molar-refractivity contribution in [3.63, 3.8) is 0 Å². The molecule has 0 saturated heterocycles. The molecule has 0 atom stereocenters. The Morgan fingerprint density at radius 1 is 0.261 bits per heavy atom. The van der Waals surface area contributed by atoms with Crippen molar-refractivity contribution in [2.75, 3.05) is 54.0 Å². The molecule has 0 fully saturated rings. The second-order valence-corrected chi connectivity index (χ2v) is 19.5. The van der Waals surface area contributed by atoms with Crippen molar-refractivity contribution >= 4 is 53.5 Å². The fraction of sp³-hybridized carbons (Fsp3) is 0.571. The van der Waals surface area contributed by atoms with Gasteiger partial charge in [0.25, 0.3) is 0 Å². The Bertz CT molecular complexity index is 1690. The highest BCUT2D eigenvalue weighted by molar-refractivity contribution is 5.73. The van der Waals surface area contributed by atoms with Crippen LogP contribution in [0.3, 0.4) is 0 Å². The van der Waals surface area contributed by atoms with Crippen molar-refractivity contribution < 1.29 is 0 Å². The van der Waals surface area contributed by atoms with Crippen LogP contribution in [-0.2, 0) is 0 Å². The molecular formula is C63H96N6. The minimum Gasteiger partial charge on any atom is -0.372 e. The zero-order chi connectivity index (χ0) is 49.0. The summed E-state index contributed by atoms with van der Waals surface area (Å²) in [6.45, 7) is 20.5. The number of hydrogen-bond donors (Lipinski definition) is 0. The van der Waals surface area contributed by atoms with Gasteiger partial charge in [-0.1, -0.05) is 212 Å². The molecule has 0 amide bonds. The summed E-state index contributed by atoms with van der Waals surface area (Å²) in [5, 5.41) is 0. The van der Waals surface area contributed by atoms with Crippen LogP contribution in [0, 0.1) is 0 Å². The van der Waals surface area contributed by atoms with E-state index in [1.54, 1.807) is 0 Å². The standard InChI is InChI=1S/C63H96N6/c1-7-13-19-25-49-67(50-26-20-14-8-2)58-40-31-55(32-41-58)37-46-61-64-62(47-38-56-33-42-59(43-34-56)68(51-27-21-15-9-3)52-28-22-16-10-4)66-63(65-61)48-39-57-35-44-60(45-36-57)69(53-29-23-17-11-5)54-30-24-18-12-6/h31-48H,7-30,49-54H2,1-6H3/b46-37+,47-38+,48-39+. The number of aromatic nitrogens is 3. The van der Waals surface area contributed by atoms with Gasteiger partial charge in [-0.05, 0) is 110 Å². The monoisotopic (exact) mass is 937 g/mol. The third kappa shape index (κ3) is 23.6. The summed E-state index contributed by atoms with van der Waals surface area (Å²) < 4.78 is 0. The van der Waals surface area contributed by atoms with Gasteiger partial charge in [0.1, 0.15) is 0 Å². The van der Waals surface area contributed by atoms with Crippen molar-refractivity contribution in [2.24, 2.45) is 0 Å². The minimum atomic E-state index is 0.649. The summed E-state index contributed by atoms with van der Waals surface area (Å²) in [5.74, 6) is 1.95. The van der Waals surface area contributed by atoms with Crippen LogP contribution in [0.1, 0.15) is 230 Å². The molecule has 0 aliphatic rings. The number of rotatable bonds is 39. The second kappa shape index (κ2) is 36.3. The molecule has 0 bridgehead atoms. The fourth-order valence-electron chi connectivity index (χ4n) is 9.04. The highest BCUT2D eigenvalue weighted by Gasteiger charge is 2.10. The van der Waals surface area contributed by atoms with Gasteiger partial charge in [-0.2, -0.15) is 0 Å². The van der Waals surface area contributed by atoms with Crippen LogP contribution in [0.15, 0.2) is 72.8 Å². The van der Waals surface area contributed by atoms with Crippen LogP contribution >= 0.6 is 0 Å². The van der Waals surface area contributed by atoms with E-state index in [2.05, 4.69) is 147 Å². The van der Waals surface area contributed by atoms with Crippen molar-refractivity contribution in [3.05, 3.63) is 107 Å². The molecule has 6 nitrogen and oxygen atoms in total. The molecule has 1 heterocycles. The van der Waals surface area contributed by atoms with Gasteiger partial charge < -0.3 is 14.7 Å². The lowest BCUT2D eigenvalue weighted by Gasteiger charge is -2.25. The van der Waals surface area contributed by atoms with Crippen molar-refractivity contribution in [2.45, 2.75) is 196 Å². The highest BCUT2D eigenvalue weighted by atomic mass is 15.1. The van der Waals surface area contributed by atoms with Gasteiger partial charge in [-0.15, -0.1) is 0 Å². The number of nitrogens with zero attached hydrogens (tertiary/aromatic N) is 6. The Hall–Kier alpha value is -4.71. The van der Waals surface area contributed by atoms with Gasteiger partial charge in [-0.25, -0.2) is 15.0 Å². The second-order valence-electron chi connectivity index (χ2n) is 19.5. The first kappa shape index (κ1) is 56.9. The lowest BCUT2D eigenvalue weighted by Crippen LogP contribution is -2.25. The third-order valence-electron chi connectivity index (χ3n) is 13.4. The topological polar surface area (TPSA) is 48.4 Å². The molecule has 3 aromatic carbocycles. The third-order valence-corrected chi connectivity index (χ3v) is 13.4. The molecule has 0 saturated carbocycles. The Morgan fingerprint density at radius 2 is 0.464 bits per heavy atom. The van der Waals surface area contributed by atoms with E-state index in [-0.39, 0.29) is 0 Å². The van der Waals surface area contributed by atoms with E-state index < -0.39 is 0 Å². The normalized spacial score (nSPS) is 11.7. The Labute approximate surface area is 423 Å². The zero-order valence-electron chi connectivity index (χ0n) is 44.8. The Balaban J connectivity index is 1.57. The van der Waals surface area contributed by atoms with E-state index in [9.17, 15) is 0 Å². The first-order valence-electron chi connectivity index (χ1n) is 28.3. The first-order valence-corrected chi connectivity index (χ1v) is 28.3. The summed E-state index contributed by atoms with van der Waals surface area (Å²) in [5.41, 5.74) is 7.37. The Morgan fingerprint density at radius 3 is 0.652 bits per heavy atom. The SMILES string of the molecule is CCCCCCN(CCCCCC)c1ccc(/C=C/c2nc(/C=C/c3ccc(N(CCCCCC)CCCCCC)cc3)nc(/C=C/c3ccc(N(CCCCCC)CCCCCC)cc3)n2)cc1. The van der Waals surface area contributed by atoms with E-state index in [1.165, 1.54) is 171 Å². The first-order chi connectivity index (χ1) is 34.0. The average molecular weight is 938 g/mol. The van der Waals surface area contributed by atoms with Crippen LogP contribution in [0.2, 0.25) is 0 Å². The summed E-state index contributed by atoms with van der Waals surface area (Å²) in [6.07, 6.45) is 43.3. The van der Waals surface area contributed by atoms with E-state index in [0.717, 1.165) is 56.0 Å². The maximum absolute atomic E-state index is 4.96. The van der Waals surface area contributed by atoms with Gasteiger partial charge in [0.05, 0.1) is 0 Å². The van der Waals surface area contributed by atoms with Gasteiger partial charge >= 0.3 is 0 Å². The molecule has 4 rings (SSSR count). The smallest absolute Gasteiger partial charge is 0.156 e. The summed E-state index contributed by atoms with van der Waals surface area (Å²) in [6, 6.07) is 27.2. The molecule has 0 unspecified atom stereocenters. The highest BCUT2D eigenvalue weighted by Crippen LogP contribution is 2.23. The molecule has 1 aromatic heterocycles. The van der Waals surface area contributed by atoms with E-state index in [4.69, 9.17) is 15.0 Å². The van der Waals surface area contributed by atoms with Crippen LogP contribution in [0.25, 0.3) is 36.5 Å². The maximum Gasteiger partial charge on any atom is 0.156 e. The van der Waals surface area contributed by atoms with Crippen molar-refractivity contribution in [1.82, 2.24) is 15.0 Å². The number of hydrogen-bond acceptors (Lipinski definition) is 6. The van der Waals surface area contributed by atoms with Crippen LogP contribution in [0.4, 0.5) is 17.1 Å². The van der Waals surface area contributed by atoms with Gasteiger partial charge in [0.2, 0.25) is 0 Å². The Kier molecular flexibility index (Phi) is 29.9. The zero-order valence-corrected chi connectivity index (χ0v) is 44.8. The molecule has 0 spiro atoms.